The van der Waals surface area contributed by atoms with Crippen LogP contribution >= 0.6 is 0 Å². The number of hydrogen-bond acceptors (Lipinski definition) is 6. The molecule has 0 radical (unpaired) electrons. The van der Waals surface area contributed by atoms with Gasteiger partial charge in [0.25, 0.3) is 0 Å². The highest BCUT2D eigenvalue weighted by Crippen LogP contribution is 2.38. The first-order chi connectivity index (χ1) is 17.3. The van der Waals surface area contributed by atoms with E-state index in [0.29, 0.717) is 17.8 Å². The number of rotatable bonds is 6. The van der Waals surface area contributed by atoms with Gasteiger partial charge in [-0.1, -0.05) is 5.16 Å². The van der Waals surface area contributed by atoms with Crippen LogP contribution in [0.5, 0.6) is 0 Å². The van der Waals surface area contributed by atoms with Crippen molar-refractivity contribution in [3.05, 3.63) is 69.4 Å². The zero-order valence-corrected chi connectivity index (χ0v) is 20.0. The van der Waals surface area contributed by atoms with E-state index < -0.39 is 75.2 Å². The number of hydrogen-bond donors (Lipinski definition) is 1. The average Bonchev–Trinajstić information content (AvgIpc) is 3.41. The monoisotopic (exact) mass is 543 g/mol. The molecule has 0 saturated heterocycles. The molecule has 37 heavy (non-hydrogen) atoms. The van der Waals surface area contributed by atoms with Crippen molar-refractivity contribution in [3.8, 4) is 11.3 Å². The molecule has 0 spiro atoms. The minimum atomic E-state index is -3.97. The molecule has 5 rings (SSSR count). The first kappa shape index (κ1) is 25.1. The SMILES string of the molecule is CCS(=O)(=O)N[C@@H]1Cn2c(cn(Cc3noc4cc(C)nc(-c5c(F)cc(F)cc5F)c34)c2=O)C1(F)F. The van der Waals surface area contributed by atoms with E-state index in [0.717, 1.165) is 15.3 Å². The van der Waals surface area contributed by atoms with Crippen molar-refractivity contribution < 1.29 is 34.9 Å². The topological polar surface area (TPSA) is 112 Å². The molecule has 1 aromatic carbocycles. The molecule has 3 aromatic heterocycles. The van der Waals surface area contributed by atoms with Crippen molar-refractivity contribution in [1.29, 1.82) is 0 Å². The minimum absolute atomic E-state index is 0.00797. The Labute approximate surface area is 205 Å². The molecule has 15 heteroatoms. The summed E-state index contributed by atoms with van der Waals surface area (Å²) in [5, 5.41) is 3.86. The molecule has 1 atom stereocenters. The predicted molar refractivity (Wildman–Crippen MR) is 120 cm³/mol. The Balaban J connectivity index is 1.58. The fourth-order valence-electron chi connectivity index (χ4n) is 4.34. The summed E-state index contributed by atoms with van der Waals surface area (Å²) in [6, 6.07) is 0.548. The van der Waals surface area contributed by atoms with Crippen molar-refractivity contribution in [2.24, 2.45) is 0 Å². The summed E-state index contributed by atoms with van der Waals surface area (Å²) in [6.45, 7) is 1.78. The second-order valence-corrected chi connectivity index (χ2v) is 10.6. The number of aryl methyl sites for hydroxylation is 1. The fraction of sp³-hybridized carbons (Fsp3) is 0.318. The lowest BCUT2D eigenvalue weighted by molar-refractivity contribution is -0.0249. The van der Waals surface area contributed by atoms with Crippen LogP contribution in [0.1, 0.15) is 24.0 Å². The highest BCUT2D eigenvalue weighted by Gasteiger charge is 2.52. The van der Waals surface area contributed by atoms with E-state index in [1.54, 1.807) is 0 Å². The molecule has 0 amide bonds. The fourth-order valence-corrected chi connectivity index (χ4v) is 5.16. The number of sulfonamides is 1. The second-order valence-electron chi connectivity index (χ2n) is 8.59. The number of alkyl halides is 2. The van der Waals surface area contributed by atoms with Crippen LogP contribution < -0.4 is 10.4 Å². The summed E-state index contributed by atoms with van der Waals surface area (Å²) in [7, 11) is -3.97. The van der Waals surface area contributed by atoms with E-state index in [2.05, 4.69) is 10.1 Å². The minimum Gasteiger partial charge on any atom is -0.356 e. The smallest absolute Gasteiger partial charge is 0.328 e. The van der Waals surface area contributed by atoms with Gasteiger partial charge in [-0.25, -0.2) is 31.1 Å². The van der Waals surface area contributed by atoms with Gasteiger partial charge in [0.15, 0.2) is 5.58 Å². The Morgan fingerprint density at radius 1 is 1.19 bits per heavy atom. The van der Waals surface area contributed by atoms with Crippen molar-refractivity contribution in [2.75, 3.05) is 5.75 Å². The van der Waals surface area contributed by atoms with Crippen molar-refractivity contribution in [3.63, 3.8) is 0 Å². The number of nitrogens with zero attached hydrogens (tertiary/aromatic N) is 4. The maximum Gasteiger partial charge on any atom is 0.328 e. The lowest BCUT2D eigenvalue weighted by atomic mass is 10.0. The molecule has 9 nitrogen and oxygen atoms in total. The van der Waals surface area contributed by atoms with Gasteiger partial charge in [0, 0.05) is 30.1 Å². The lowest BCUT2D eigenvalue weighted by Crippen LogP contribution is -2.45. The molecule has 1 N–H and O–H groups in total. The van der Waals surface area contributed by atoms with Gasteiger partial charge in [-0.15, -0.1) is 0 Å². The molecule has 4 aromatic rings. The van der Waals surface area contributed by atoms with E-state index in [1.165, 1.54) is 19.9 Å². The molecule has 0 fully saturated rings. The molecule has 196 valence electrons. The molecule has 0 unspecified atom stereocenters. The quantitative estimate of drug-likeness (QED) is 0.374. The van der Waals surface area contributed by atoms with E-state index in [9.17, 15) is 35.2 Å². The molecule has 0 aliphatic carbocycles. The van der Waals surface area contributed by atoms with E-state index in [-0.39, 0.29) is 22.4 Å². The Kier molecular flexibility index (Phi) is 5.75. The maximum atomic E-state index is 15.0. The van der Waals surface area contributed by atoms with Crippen LogP contribution in [0.4, 0.5) is 22.0 Å². The Morgan fingerprint density at radius 2 is 1.86 bits per heavy atom. The largest absolute Gasteiger partial charge is 0.356 e. The summed E-state index contributed by atoms with van der Waals surface area (Å²) in [5.41, 5.74) is -2.19. The van der Waals surface area contributed by atoms with Gasteiger partial charge < -0.3 is 4.52 Å². The summed E-state index contributed by atoms with van der Waals surface area (Å²) >= 11 is 0. The lowest BCUT2D eigenvalue weighted by Gasteiger charge is -2.19. The van der Waals surface area contributed by atoms with Gasteiger partial charge >= 0.3 is 11.6 Å². The van der Waals surface area contributed by atoms with Crippen LogP contribution in [-0.4, -0.2) is 39.5 Å². The Morgan fingerprint density at radius 3 is 2.49 bits per heavy atom. The first-order valence-electron chi connectivity index (χ1n) is 10.9. The summed E-state index contributed by atoms with van der Waals surface area (Å²) in [5.74, 6) is -7.71. The molecule has 4 heterocycles. The van der Waals surface area contributed by atoms with Crippen LogP contribution in [0.2, 0.25) is 0 Å². The van der Waals surface area contributed by atoms with Crippen LogP contribution in [0.15, 0.2) is 33.7 Å². The van der Waals surface area contributed by atoms with Gasteiger partial charge in [-0.2, -0.15) is 8.78 Å². The van der Waals surface area contributed by atoms with Crippen LogP contribution in [0.3, 0.4) is 0 Å². The number of halogens is 5. The maximum absolute atomic E-state index is 15.0. The van der Waals surface area contributed by atoms with Gasteiger partial charge in [-0.05, 0) is 13.8 Å². The highest BCUT2D eigenvalue weighted by molar-refractivity contribution is 7.89. The number of benzene rings is 1. The van der Waals surface area contributed by atoms with Crippen LogP contribution in [0.25, 0.3) is 22.2 Å². The first-order valence-corrected chi connectivity index (χ1v) is 12.6. The van der Waals surface area contributed by atoms with Gasteiger partial charge in [0.05, 0.1) is 35.5 Å². The summed E-state index contributed by atoms with van der Waals surface area (Å²) in [4.78, 5) is 17.1. The van der Waals surface area contributed by atoms with Crippen molar-refractivity contribution in [2.45, 2.75) is 38.9 Å². The number of aromatic nitrogens is 4. The summed E-state index contributed by atoms with van der Waals surface area (Å²) < 4.78 is 105. The Bertz CT molecular complexity index is 1700. The summed E-state index contributed by atoms with van der Waals surface area (Å²) in [6.07, 6.45) is 0.865. The number of pyridine rings is 1. The molecule has 1 aliphatic heterocycles. The zero-order chi connectivity index (χ0) is 26.9. The molecule has 0 bridgehead atoms. The van der Waals surface area contributed by atoms with E-state index in [4.69, 9.17) is 4.52 Å². The number of fused-ring (bicyclic) bond motifs is 2. The number of nitrogens with one attached hydrogen (secondary N) is 1. The van der Waals surface area contributed by atoms with Gasteiger partial charge in [-0.3, -0.25) is 14.1 Å². The normalized spacial score (nSPS) is 17.0. The third-order valence-electron chi connectivity index (χ3n) is 6.11. The van der Waals surface area contributed by atoms with E-state index in [1.807, 2.05) is 4.72 Å². The van der Waals surface area contributed by atoms with Crippen LogP contribution in [-0.2, 0) is 29.0 Å². The third kappa shape index (κ3) is 4.11. The average molecular weight is 543 g/mol. The molecule has 1 aliphatic rings. The van der Waals surface area contributed by atoms with Gasteiger partial charge in [0.1, 0.15) is 34.9 Å². The number of imidazole rings is 1. The predicted octanol–water partition coefficient (Wildman–Crippen LogP) is 3.04. The third-order valence-corrected chi connectivity index (χ3v) is 7.51. The van der Waals surface area contributed by atoms with Crippen molar-refractivity contribution in [1.82, 2.24) is 24.0 Å². The highest BCUT2D eigenvalue weighted by atomic mass is 32.2. The second kappa shape index (κ2) is 8.48. The molecule has 0 saturated carbocycles. The van der Waals surface area contributed by atoms with Crippen molar-refractivity contribution >= 4 is 21.0 Å². The van der Waals surface area contributed by atoms with Gasteiger partial charge in [0.2, 0.25) is 10.0 Å². The standard InChI is InChI=1S/C22H18F5N5O4S/c1-3-37(34,35)30-16-8-32-17(22(16,26)27)9-31(21(32)33)7-14-19-15(36-29-14)4-10(2)28-20(19)18-12(24)5-11(23)6-13(18)25/h4-6,9,16,30H,3,7-8H2,1-2H3/t16-/m1/s1. The molecular formula is C22H18F5N5O4S. The zero-order valence-electron chi connectivity index (χ0n) is 19.2. The molecular weight excluding hydrogens is 525 g/mol. The van der Waals surface area contributed by atoms with Crippen LogP contribution in [0, 0.1) is 24.4 Å². The van der Waals surface area contributed by atoms with E-state index >= 15 is 0 Å². The Hall–Kier alpha value is -3.59.